The third-order valence-corrected chi connectivity index (χ3v) is 5.68. The van der Waals surface area contributed by atoms with Gasteiger partial charge in [0.2, 0.25) is 11.8 Å². The number of rotatable bonds is 6. The molecule has 2 aliphatic rings. The summed E-state index contributed by atoms with van der Waals surface area (Å²) in [5.41, 5.74) is 2.12. The minimum atomic E-state index is -0.151. The zero-order valence-electron chi connectivity index (χ0n) is 17.4. The van der Waals surface area contributed by atoms with Gasteiger partial charge < -0.3 is 19.4 Å². The van der Waals surface area contributed by atoms with Crippen molar-refractivity contribution in [3.63, 3.8) is 0 Å². The van der Waals surface area contributed by atoms with Gasteiger partial charge in [-0.05, 0) is 33.4 Å². The molecule has 156 valence electrons. The second-order valence-electron chi connectivity index (χ2n) is 7.96. The van der Waals surface area contributed by atoms with Gasteiger partial charge in [0.1, 0.15) is 0 Å². The lowest BCUT2D eigenvalue weighted by molar-refractivity contribution is -0.144. The summed E-state index contributed by atoms with van der Waals surface area (Å²) in [5.74, 6) is 0.241. The van der Waals surface area contributed by atoms with E-state index in [1.54, 1.807) is 0 Å². The number of nitrogens with zero attached hydrogens (tertiary/aromatic N) is 5. The Hall–Kier alpha value is -1.93. The molecule has 0 radical (unpaired) electrons. The van der Waals surface area contributed by atoms with E-state index in [0.717, 1.165) is 50.5 Å². The summed E-state index contributed by atoms with van der Waals surface area (Å²) in [6.07, 6.45) is 1.57. The molecule has 28 heavy (non-hydrogen) atoms. The van der Waals surface area contributed by atoms with Crippen LogP contribution in [0.2, 0.25) is 0 Å². The number of ether oxygens (including phenoxy) is 1. The van der Waals surface area contributed by atoms with Crippen LogP contribution in [-0.2, 0) is 20.9 Å². The van der Waals surface area contributed by atoms with Crippen LogP contribution in [0.15, 0.2) is 6.07 Å². The number of amides is 2. The number of morpholine rings is 1. The highest BCUT2D eigenvalue weighted by atomic mass is 16.5. The smallest absolute Gasteiger partial charge is 0.224 e. The van der Waals surface area contributed by atoms with E-state index in [0.29, 0.717) is 32.6 Å². The Morgan fingerprint density at radius 1 is 1.14 bits per heavy atom. The van der Waals surface area contributed by atoms with Crippen molar-refractivity contribution in [2.45, 2.75) is 45.7 Å². The van der Waals surface area contributed by atoms with Crippen molar-refractivity contribution < 1.29 is 14.3 Å². The molecule has 0 N–H and O–H groups in total. The van der Waals surface area contributed by atoms with Gasteiger partial charge in [0.15, 0.2) is 0 Å². The molecule has 3 rings (SSSR count). The van der Waals surface area contributed by atoms with E-state index in [1.165, 1.54) is 0 Å². The lowest BCUT2D eigenvalue weighted by atomic mass is 10.1. The van der Waals surface area contributed by atoms with Gasteiger partial charge in [0.25, 0.3) is 0 Å². The summed E-state index contributed by atoms with van der Waals surface area (Å²) in [6.45, 7) is 9.64. The standard InChI is InChI=1S/C20H33N5O3/c1-16-13-17(2)25(21-16)6-4-5-19(26)24-11-12-28-15-18(24)14-20(27)23-9-7-22(3)8-10-23/h13,18H,4-12,14-15H2,1-3H3/t18-/m0/s1. The van der Waals surface area contributed by atoms with E-state index in [4.69, 9.17) is 4.74 Å². The SMILES string of the molecule is Cc1cc(C)n(CCCC(=O)N2CCOC[C@@H]2CC(=O)N2CCN(C)CC2)n1. The van der Waals surface area contributed by atoms with Crippen molar-refractivity contribution in [2.75, 3.05) is 53.0 Å². The number of aromatic nitrogens is 2. The molecule has 1 atom stereocenters. The lowest BCUT2D eigenvalue weighted by Crippen LogP contribution is -2.53. The van der Waals surface area contributed by atoms with Gasteiger partial charge in [0.05, 0.1) is 24.9 Å². The first-order valence-electron chi connectivity index (χ1n) is 10.3. The number of carbonyl (C=O) groups is 2. The predicted octanol–water partition coefficient (Wildman–Crippen LogP) is 0.672. The molecule has 0 unspecified atom stereocenters. The Labute approximate surface area is 167 Å². The fourth-order valence-electron chi connectivity index (χ4n) is 3.96. The zero-order chi connectivity index (χ0) is 20.1. The van der Waals surface area contributed by atoms with Crippen molar-refractivity contribution in [3.8, 4) is 0 Å². The largest absolute Gasteiger partial charge is 0.377 e. The van der Waals surface area contributed by atoms with Crippen LogP contribution in [0.5, 0.6) is 0 Å². The van der Waals surface area contributed by atoms with Crippen LogP contribution >= 0.6 is 0 Å². The molecular formula is C20H33N5O3. The van der Waals surface area contributed by atoms with Gasteiger partial charge in [-0.1, -0.05) is 0 Å². The summed E-state index contributed by atoms with van der Waals surface area (Å²) < 4.78 is 7.53. The Bertz CT molecular complexity index is 681. The molecule has 3 heterocycles. The van der Waals surface area contributed by atoms with E-state index >= 15 is 0 Å². The van der Waals surface area contributed by atoms with Gasteiger partial charge in [0, 0.05) is 57.8 Å². The highest BCUT2D eigenvalue weighted by molar-refractivity contribution is 5.80. The quantitative estimate of drug-likeness (QED) is 0.713. The number of hydrogen-bond donors (Lipinski definition) is 0. The number of aryl methyl sites for hydroxylation is 3. The van der Waals surface area contributed by atoms with Gasteiger partial charge in [-0.2, -0.15) is 5.10 Å². The first-order valence-corrected chi connectivity index (χ1v) is 10.3. The fourth-order valence-corrected chi connectivity index (χ4v) is 3.96. The maximum atomic E-state index is 12.8. The molecule has 2 fully saturated rings. The third kappa shape index (κ3) is 5.32. The average Bonchev–Trinajstić information content (AvgIpc) is 2.99. The van der Waals surface area contributed by atoms with E-state index < -0.39 is 0 Å². The topological polar surface area (TPSA) is 70.9 Å². The van der Waals surface area contributed by atoms with Gasteiger partial charge in [-0.25, -0.2) is 0 Å². The maximum absolute atomic E-state index is 12.8. The molecule has 0 spiro atoms. The predicted molar refractivity (Wildman–Crippen MR) is 106 cm³/mol. The Kier molecular flexibility index (Phi) is 7.07. The lowest BCUT2D eigenvalue weighted by Gasteiger charge is -2.38. The number of piperazine rings is 1. The molecule has 8 heteroatoms. The summed E-state index contributed by atoms with van der Waals surface area (Å²) in [5, 5.41) is 4.45. The van der Waals surface area contributed by atoms with Gasteiger partial charge in [-0.3, -0.25) is 14.3 Å². The summed E-state index contributed by atoms with van der Waals surface area (Å²) >= 11 is 0. The van der Waals surface area contributed by atoms with Crippen LogP contribution in [0, 0.1) is 13.8 Å². The second kappa shape index (κ2) is 9.52. The normalized spacial score (nSPS) is 21.2. The number of carbonyl (C=O) groups excluding carboxylic acids is 2. The first-order chi connectivity index (χ1) is 13.4. The Morgan fingerprint density at radius 3 is 2.57 bits per heavy atom. The van der Waals surface area contributed by atoms with Crippen LogP contribution < -0.4 is 0 Å². The highest BCUT2D eigenvalue weighted by Gasteiger charge is 2.31. The monoisotopic (exact) mass is 391 g/mol. The van der Waals surface area contributed by atoms with Crippen LogP contribution in [0.1, 0.15) is 30.7 Å². The van der Waals surface area contributed by atoms with Crippen molar-refractivity contribution >= 4 is 11.8 Å². The van der Waals surface area contributed by atoms with E-state index in [-0.39, 0.29) is 17.9 Å². The minimum Gasteiger partial charge on any atom is -0.377 e. The van der Waals surface area contributed by atoms with E-state index in [9.17, 15) is 9.59 Å². The van der Waals surface area contributed by atoms with E-state index in [2.05, 4.69) is 17.0 Å². The van der Waals surface area contributed by atoms with Gasteiger partial charge >= 0.3 is 0 Å². The van der Waals surface area contributed by atoms with E-state index in [1.807, 2.05) is 34.4 Å². The van der Waals surface area contributed by atoms with Crippen molar-refractivity contribution in [2.24, 2.45) is 0 Å². The molecule has 2 saturated heterocycles. The highest BCUT2D eigenvalue weighted by Crippen LogP contribution is 2.16. The van der Waals surface area contributed by atoms with Crippen LogP contribution in [0.3, 0.4) is 0 Å². The summed E-state index contributed by atoms with van der Waals surface area (Å²) in [7, 11) is 2.07. The average molecular weight is 392 g/mol. The maximum Gasteiger partial charge on any atom is 0.224 e. The fraction of sp³-hybridized carbons (Fsp3) is 0.750. The molecule has 1 aromatic heterocycles. The summed E-state index contributed by atoms with van der Waals surface area (Å²) in [4.78, 5) is 31.5. The van der Waals surface area contributed by atoms with Gasteiger partial charge in [-0.15, -0.1) is 0 Å². The molecule has 2 amide bonds. The van der Waals surface area contributed by atoms with Crippen LogP contribution in [0.4, 0.5) is 0 Å². The van der Waals surface area contributed by atoms with Crippen LogP contribution in [0.25, 0.3) is 0 Å². The molecular weight excluding hydrogens is 358 g/mol. The molecule has 8 nitrogen and oxygen atoms in total. The molecule has 0 aliphatic carbocycles. The molecule has 0 saturated carbocycles. The number of likely N-dealkylation sites (N-methyl/N-ethyl adjacent to an activating group) is 1. The third-order valence-electron chi connectivity index (χ3n) is 5.68. The Morgan fingerprint density at radius 2 is 1.89 bits per heavy atom. The van der Waals surface area contributed by atoms with Crippen molar-refractivity contribution in [1.29, 1.82) is 0 Å². The second-order valence-corrected chi connectivity index (χ2v) is 7.96. The molecule has 0 aromatic carbocycles. The van der Waals surface area contributed by atoms with Crippen molar-refractivity contribution in [3.05, 3.63) is 17.5 Å². The number of hydrogen-bond acceptors (Lipinski definition) is 5. The van der Waals surface area contributed by atoms with Crippen molar-refractivity contribution in [1.82, 2.24) is 24.5 Å². The summed E-state index contributed by atoms with van der Waals surface area (Å²) in [6, 6.07) is 1.89. The Balaban J connectivity index is 1.49. The molecule has 1 aromatic rings. The minimum absolute atomic E-state index is 0.112. The zero-order valence-corrected chi connectivity index (χ0v) is 17.4. The van der Waals surface area contributed by atoms with Crippen LogP contribution in [-0.4, -0.2) is 95.3 Å². The first kappa shape index (κ1) is 20.8. The molecule has 2 aliphatic heterocycles. The molecule has 0 bridgehead atoms.